The van der Waals surface area contributed by atoms with Crippen LogP contribution in [0.1, 0.15) is 12.1 Å². The third-order valence-corrected chi connectivity index (χ3v) is 4.80. The van der Waals surface area contributed by atoms with Gasteiger partial charge in [-0.05, 0) is 30.7 Å². The Morgan fingerprint density at radius 3 is 2.80 bits per heavy atom. The maximum atomic E-state index is 13.0. The summed E-state index contributed by atoms with van der Waals surface area (Å²) in [5, 5.41) is 16.6. The van der Waals surface area contributed by atoms with Gasteiger partial charge in [-0.25, -0.2) is 9.38 Å². The Bertz CT molecular complexity index is 964. The van der Waals surface area contributed by atoms with Crippen molar-refractivity contribution in [3.8, 4) is 6.07 Å². The van der Waals surface area contributed by atoms with Crippen molar-refractivity contribution in [2.75, 3.05) is 13.1 Å². The summed E-state index contributed by atoms with van der Waals surface area (Å²) in [4.78, 5) is 18.1. The highest BCUT2D eigenvalue weighted by Crippen LogP contribution is 2.19. The fraction of sp³-hybridized carbons (Fsp3) is 0.300. The molecule has 5 N–H and O–H groups in total. The van der Waals surface area contributed by atoms with Crippen LogP contribution in [-0.2, 0) is 11.3 Å². The first kappa shape index (κ1) is 21.0. The Labute approximate surface area is 172 Å². The molecule has 1 aromatic heterocycles. The van der Waals surface area contributed by atoms with E-state index in [1.165, 1.54) is 36.7 Å². The van der Waals surface area contributed by atoms with Crippen molar-refractivity contribution in [1.29, 1.82) is 5.26 Å². The normalized spacial score (nSPS) is 20.5. The Hall–Kier alpha value is -3.71. The van der Waals surface area contributed by atoms with Gasteiger partial charge in [0, 0.05) is 37.9 Å². The number of rotatable bonds is 7. The van der Waals surface area contributed by atoms with Crippen LogP contribution in [0.25, 0.3) is 0 Å². The van der Waals surface area contributed by atoms with Gasteiger partial charge in [-0.1, -0.05) is 5.16 Å². The SMILES string of the molecule is N#C[C@@H]1CN(Cc2ccon2)CCC1N/C=C(/C(N)=O)C(N)=Nc1ccc(F)cc1. The monoisotopic (exact) mass is 411 g/mol. The summed E-state index contributed by atoms with van der Waals surface area (Å²) in [6.45, 7) is 1.88. The van der Waals surface area contributed by atoms with Gasteiger partial charge in [0.1, 0.15) is 17.9 Å². The zero-order valence-corrected chi connectivity index (χ0v) is 16.2. The molecule has 1 aliphatic heterocycles. The lowest BCUT2D eigenvalue weighted by Gasteiger charge is -2.35. The smallest absolute Gasteiger partial charge is 0.253 e. The molecule has 1 unspecified atom stereocenters. The van der Waals surface area contributed by atoms with Crippen molar-refractivity contribution in [1.82, 2.24) is 15.4 Å². The van der Waals surface area contributed by atoms with E-state index in [0.29, 0.717) is 25.2 Å². The molecule has 3 rings (SSSR count). The fourth-order valence-electron chi connectivity index (χ4n) is 3.22. The molecule has 0 radical (unpaired) electrons. The molecule has 0 saturated carbocycles. The summed E-state index contributed by atoms with van der Waals surface area (Å²) in [5.41, 5.74) is 12.5. The van der Waals surface area contributed by atoms with E-state index < -0.39 is 11.7 Å². The second-order valence-corrected chi connectivity index (χ2v) is 6.92. The van der Waals surface area contributed by atoms with Crippen LogP contribution in [0.3, 0.4) is 0 Å². The van der Waals surface area contributed by atoms with Crippen molar-refractivity contribution in [2.45, 2.75) is 19.0 Å². The Kier molecular flexibility index (Phi) is 6.77. The first-order chi connectivity index (χ1) is 14.5. The minimum absolute atomic E-state index is 0.0129. The lowest BCUT2D eigenvalue weighted by molar-refractivity contribution is -0.114. The molecule has 2 atom stereocenters. The number of nitrogens with two attached hydrogens (primary N) is 2. The van der Waals surface area contributed by atoms with Gasteiger partial charge in [0.05, 0.1) is 28.9 Å². The number of aromatic nitrogens is 1. The number of hydrogen-bond donors (Lipinski definition) is 3. The number of amides is 1. The van der Waals surface area contributed by atoms with E-state index >= 15 is 0 Å². The second kappa shape index (κ2) is 9.67. The first-order valence-electron chi connectivity index (χ1n) is 9.33. The highest BCUT2D eigenvalue weighted by Gasteiger charge is 2.29. The number of nitrogens with zero attached hydrogens (tertiary/aromatic N) is 4. The zero-order chi connectivity index (χ0) is 21.5. The molecule has 156 valence electrons. The van der Waals surface area contributed by atoms with Gasteiger partial charge in [0.25, 0.3) is 5.91 Å². The number of hydrogen-bond acceptors (Lipinski definition) is 7. The van der Waals surface area contributed by atoms with Gasteiger partial charge in [-0.3, -0.25) is 9.69 Å². The van der Waals surface area contributed by atoms with Crippen molar-refractivity contribution in [3.63, 3.8) is 0 Å². The standard InChI is InChI=1S/C20H22FN7O2/c21-14-1-3-15(4-2-14)26-19(23)17(20(24)29)10-25-18-5-7-28(11-13(18)9-22)12-16-6-8-30-27-16/h1-4,6,8,10,13,18,25H,5,7,11-12H2,(H2,23,26)(H2,24,29)/b17-10+/t13-,18?/m1/s1. The first-order valence-corrected chi connectivity index (χ1v) is 9.33. The average molecular weight is 411 g/mol. The minimum Gasteiger partial charge on any atom is -0.386 e. The summed E-state index contributed by atoms with van der Waals surface area (Å²) < 4.78 is 17.9. The van der Waals surface area contributed by atoms with E-state index in [4.69, 9.17) is 16.0 Å². The number of carbonyl (C=O) groups is 1. The maximum absolute atomic E-state index is 13.0. The van der Waals surface area contributed by atoms with Gasteiger partial charge < -0.3 is 21.3 Å². The average Bonchev–Trinajstić information content (AvgIpc) is 3.23. The third kappa shape index (κ3) is 5.42. The highest BCUT2D eigenvalue weighted by atomic mass is 19.1. The lowest BCUT2D eigenvalue weighted by Crippen LogP contribution is -2.47. The van der Waals surface area contributed by atoms with Crippen molar-refractivity contribution < 1.29 is 13.7 Å². The molecular formula is C20H22FN7O2. The van der Waals surface area contributed by atoms with Crippen LogP contribution >= 0.6 is 0 Å². The number of piperidine rings is 1. The fourth-order valence-corrected chi connectivity index (χ4v) is 3.22. The predicted molar refractivity (Wildman–Crippen MR) is 107 cm³/mol. The summed E-state index contributed by atoms with van der Waals surface area (Å²) >= 11 is 0. The summed E-state index contributed by atoms with van der Waals surface area (Å²) in [6, 6.07) is 9.25. The molecule has 2 heterocycles. The van der Waals surface area contributed by atoms with Crippen molar-refractivity contribution in [3.05, 3.63) is 59.9 Å². The summed E-state index contributed by atoms with van der Waals surface area (Å²) in [5.74, 6) is -1.58. The molecule has 1 saturated heterocycles. The third-order valence-electron chi connectivity index (χ3n) is 4.80. The van der Waals surface area contributed by atoms with Gasteiger partial charge in [-0.2, -0.15) is 5.26 Å². The van der Waals surface area contributed by atoms with E-state index in [-0.39, 0.29) is 23.4 Å². The molecule has 2 aromatic rings. The van der Waals surface area contributed by atoms with E-state index in [1.54, 1.807) is 6.07 Å². The molecule has 1 aromatic carbocycles. The highest BCUT2D eigenvalue weighted by molar-refractivity contribution is 6.20. The maximum Gasteiger partial charge on any atom is 0.253 e. The molecule has 1 amide bonds. The molecule has 0 aliphatic carbocycles. The van der Waals surface area contributed by atoms with Gasteiger partial charge in [0.15, 0.2) is 0 Å². The molecule has 1 aliphatic rings. The number of nitriles is 1. The topological polar surface area (TPSA) is 147 Å². The number of benzene rings is 1. The van der Waals surface area contributed by atoms with Gasteiger partial charge in [-0.15, -0.1) is 0 Å². The molecule has 30 heavy (non-hydrogen) atoms. The zero-order valence-electron chi connectivity index (χ0n) is 16.2. The number of nitrogens with one attached hydrogen (secondary N) is 1. The van der Waals surface area contributed by atoms with Crippen LogP contribution in [0.5, 0.6) is 0 Å². The molecule has 10 heteroatoms. The molecule has 0 spiro atoms. The summed E-state index contributed by atoms with van der Waals surface area (Å²) in [7, 11) is 0. The largest absolute Gasteiger partial charge is 0.386 e. The molecular weight excluding hydrogens is 389 g/mol. The summed E-state index contributed by atoms with van der Waals surface area (Å²) in [6.07, 6.45) is 3.58. The van der Waals surface area contributed by atoms with E-state index in [0.717, 1.165) is 12.2 Å². The number of likely N-dealkylation sites (tertiary alicyclic amines) is 1. The van der Waals surface area contributed by atoms with E-state index in [2.05, 4.69) is 26.4 Å². The lowest BCUT2D eigenvalue weighted by atomic mass is 9.93. The van der Waals surface area contributed by atoms with Crippen LogP contribution in [0, 0.1) is 23.1 Å². The molecule has 0 bridgehead atoms. The molecule has 9 nitrogen and oxygen atoms in total. The van der Waals surface area contributed by atoms with Crippen LogP contribution in [0.15, 0.2) is 57.9 Å². The van der Waals surface area contributed by atoms with Crippen molar-refractivity contribution >= 4 is 17.4 Å². The minimum atomic E-state index is -0.761. The number of aliphatic imine (C=N–C) groups is 1. The van der Waals surface area contributed by atoms with Crippen LogP contribution in [0.4, 0.5) is 10.1 Å². The van der Waals surface area contributed by atoms with Crippen LogP contribution in [-0.4, -0.2) is 40.9 Å². The van der Waals surface area contributed by atoms with Crippen LogP contribution < -0.4 is 16.8 Å². The number of carbonyl (C=O) groups excluding carboxylic acids is 1. The van der Waals surface area contributed by atoms with E-state index in [1.807, 2.05) is 0 Å². The Morgan fingerprint density at radius 1 is 1.40 bits per heavy atom. The number of amidine groups is 1. The quantitative estimate of drug-likeness (QED) is 0.352. The van der Waals surface area contributed by atoms with Crippen molar-refractivity contribution in [2.24, 2.45) is 22.4 Å². The predicted octanol–water partition coefficient (Wildman–Crippen LogP) is 1.18. The Balaban J connectivity index is 1.67. The van der Waals surface area contributed by atoms with Gasteiger partial charge in [0.2, 0.25) is 0 Å². The number of halogens is 1. The van der Waals surface area contributed by atoms with E-state index in [9.17, 15) is 14.4 Å². The number of primary amides is 1. The second-order valence-electron chi connectivity index (χ2n) is 6.92. The van der Waals surface area contributed by atoms with Crippen LogP contribution in [0.2, 0.25) is 0 Å². The van der Waals surface area contributed by atoms with Gasteiger partial charge >= 0.3 is 0 Å². The molecule has 1 fully saturated rings. The Morgan fingerprint density at radius 2 is 2.17 bits per heavy atom.